The average Bonchev–Trinajstić information content (AvgIpc) is 2.52. The summed E-state index contributed by atoms with van der Waals surface area (Å²) >= 11 is 0. The molecule has 1 heterocycles. The predicted molar refractivity (Wildman–Crippen MR) is 101 cm³/mol. The van der Waals surface area contributed by atoms with Crippen LogP contribution in [0.25, 0.3) is 0 Å². The van der Waals surface area contributed by atoms with Crippen LogP contribution in [0.5, 0.6) is 11.5 Å². The molecule has 1 atom stereocenters. The van der Waals surface area contributed by atoms with Crippen molar-refractivity contribution in [3.05, 3.63) is 18.2 Å². The zero-order valence-electron chi connectivity index (χ0n) is 15.6. The summed E-state index contributed by atoms with van der Waals surface area (Å²) in [5.41, 5.74) is 1.00. The molecule has 0 aliphatic carbocycles. The molecule has 1 aliphatic rings. The summed E-state index contributed by atoms with van der Waals surface area (Å²) < 4.78 is 37.1. The van der Waals surface area contributed by atoms with Crippen molar-refractivity contribution < 1.29 is 17.9 Å². The number of ether oxygens (including phenoxy) is 2. The molecule has 0 aromatic heterocycles. The Bertz CT molecular complexity index is 668. The second kappa shape index (κ2) is 8.27. The molecule has 0 amide bonds. The first-order valence-electron chi connectivity index (χ1n) is 8.85. The summed E-state index contributed by atoms with van der Waals surface area (Å²) in [6, 6.07) is 5.86. The van der Waals surface area contributed by atoms with Crippen LogP contribution in [0.2, 0.25) is 0 Å². The first-order chi connectivity index (χ1) is 11.7. The van der Waals surface area contributed by atoms with E-state index >= 15 is 0 Å². The molecule has 0 radical (unpaired) electrons. The number of fused-ring (bicyclic) bond motifs is 1. The number of hydrogen-bond donors (Lipinski definition) is 2. The molecule has 25 heavy (non-hydrogen) atoms. The Morgan fingerprint density at radius 3 is 2.56 bits per heavy atom. The highest BCUT2D eigenvalue weighted by molar-refractivity contribution is 7.90. The first kappa shape index (κ1) is 19.8. The number of benzene rings is 1. The van der Waals surface area contributed by atoms with Crippen molar-refractivity contribution in [3.63, 3.8) is 0 Å². The van der Waals surface area contributed by atoms with E-state index in [4.69, 9.17) is 9.47 Å². The maximum Gasteiger partial charge on any atom is 0.216 e. The third kappa shape index (κ3) is 5.78. The van der Waals surface area contributed by atoms with Crippen LogP contribution in [0.3, 0.4) is 0 Å². The maximum atomic E-state index is 11.9. The molecule has 0 spiro atoms. The highest BCUT2D eigenvalue weighted by Gasteiger charge is 2.27. The van der Waals surface area contributed by atoms with Gasteiger partial charge in [0.2, 0.25) is 10.0 Å². The van der Waals surface area contributed by atoms with Gasteiger partial charge >= 0.3 is 0 Å². The monoisotopic (exact) mass is 370 g/mol. The third-order valence-corrected chi connectivity index (χ3v) is 6.22. The van der Waals surface area contributed by atoms with Crippen LogP contribution in [0.15, 0.2) is 18.2 Å². The van der Waals surface area contributed by atoms with Crippen LogP contribution < -0.4 is 19.5 Å². The Balaban J connectivity index is 1.65. The lowest BCUT2D eigenvalue weighted by Gasteiger charge is -2.24. The molecule has 2 N–H and O–H groups in total. The normalized spacial score (nSPS) is 17.4. The van der Waals surface area contributed by atoms with Crippen LogP contribution in [0, 0.1) is 0 Å². The van der Waals surface area contributed by atoms with Gasteiger partial charge < -0.3 is 14.8 Å². The van der Waals surface area contributed by atoms with E-state index in [1.165, 1.54) is 0 Å². The Hall–Kier alpha value is -1.47. The lowest BCUT2D eigenvalue weighted by Crippen LogP contribution is -2.39. The van der Waals surface area contributed by atoms with Crippen LogP contribution >= 0.6 is 0 Å². The van der Waals surface area contributed by atoms with Crippen molar-refractivity contribution >= 4 is 15.7 Å². The Labute approximate surface area is 151 Å². The van der Waals surface area contributed by atoms with Crippen LogP contribution in [-0.2, 0) is 10.0 Å². The molecule has 1 aromatic rings. The van der Waals surface area contributed by atoms with E-state index in [1.807, 2.05) is 25.1 Å². The summed E-state index contributed by atoms with van der Waals surface area (Å²) in [5, 5.41) is 3.37. The third-order valence-electron chi connectivity index (χ3n) is 4.03. The highest BCUT2D eigenvalue weighted by atomic mass is 32.2. The van der Waals surface area contributed by atoms with E-state index in [0.717, 1.165) is 43.0 Å². The lowest BCUT2D eigenvalue weighted by molar-refractivity contribution is 0.104. The molecule has 0 fully saturated rings. The fraction of sp³-hybridized carbons (Fsp3) is 0.667. The summed E-state index contributed by atoms with van der Waals surface area (Å²) in [6.07, 6.45) is 2.83. The summed E-state index contributed by atoms with van der Waals surface area (Å²) in [6.45, 7) is 8.99. The van der Waals surface area contributed by atoms with Crippen LogP contribution in [-0.4, -0.2) is 39.0 Å². The lowest BCUT2D eigenvalue weighted by atomic mass is 10.2. The molecule has 0 saturated heterocycles. The van der Waals surface area contributed by atoms with Gasteiger partial charge in [-0.15, -0.1) is 0 Å². The zero-order chi connectivity index (χ0) is 18.5. The van der Waals surface area contributed by atoms with E-state index in [9.17, 15) is 8.42 Å². The summed E-state index contributed by atoms with van der Waals surface area (Å²) in [4.78, 5) is 0. The largest absolute Gasteiger partial charge is 0.486 e. The molecule has 7 heteroatoms. The van der Waals surface area contributed by atoms with E-state index in [2.05, 4.69) is 10.0 Å². The Morgan fingerprint density at radius 2 is 1.84 bits per heavy atom. The van der Waals surface area contributed by atoms with Crippen LogP contribution in [0.4, 0.5) is 5.69 Å². The highest BCUT2D eigenvalue weighted by Crippen LogP contribution is 2.34. The summed E-state index contributed by atoms with van der Waals surface area (Å²) in [7, 11) is -3.24. The molecule has 1 unspecified atom stereocenters. The minimum Gasteiger partial charge on any atom is -0.486 e. The van der Waals surface area contributed by atoms with E-state index < -0.39 is 14.8 Å². The molecule has 0 saturated carbocycles. The molecule has 0 bridgehead atoms. The SMILES string of the molecule is CC1COc2ccc(NCCCCCNS(=O)(=O)C(C)(C)C)cc2O1. The van der Waals surface area contributed by atoms with Crippen molar-refractivity contribution in [2.45, 2.75) is 57.8 Å². The van der Waals surface area contributed by atoms with Crippen LogP contribution in [0.1, 0.15) is 47.0 Å². The Kier molecular flexibility index (Phi) is 6.57. The number of nitrogens with one attached hydrogen (secondary N) is 2. The first-order valence-corrected chi connectivity index (χ1v) is 10.3. The van der Waals surface area contributed by atoms with Gasteiger partial charge in [0.25, 0.3) is 0 Å². The molecular formula is C18H30N2O4S. The fourth-order valence-corrected chi connectivity index (χ4v) is 3.22. The summed E-state index contributed by atoms with van der Waals surface area (Å²) in [5.74, 6) is 1.56. The van der Waals surface area contributed by atoms with E-state index in [1.54, 1.807) is 20.8 Å². The van der Waals surface area contributed by atoms with Gasteiger partial charge in [-0.2, -0.15) is 0 Å². The minimum absolute atomic E-state index is 0.0691. The molecule has 1 aliphatic heterocycles. The topological polar surface area (TPSA) is 76.7 Å². The van der Waals surface area contributed by atoms with Crippen molar-refractivity contribution in [1.82, 2.24) is 4.72 Å². The number of sulfonamides is 1. The van der Waals surface area contributed by atoms with Gasteiger partial charge in [-0.1, -0.05) is 6.42 Å². The number of anilines is 1. The zero-order valence-corrected chi connectivity index (χ0v) is 16.4. The molecule has 6 nitrogen and oxygen atoms in total. The molecule has 2 rings (SSSR count). The van der Waals surface area contributed by atoms with E-state index in [0.29, 0.717) is 13.2 Å². The molecule has 1 aromatic carbocycles. The van der Waals surface area contributed by atoms with Gasteiger partial charge in [0.15, 0.2) is 11.5 Å². The van der Waals surface area contributed by atoms with E-state index in [-0.39, 0.29) is 6.10 Å². The standard InChI is InChI=1S/C18H30N2O4S/c1-14-13-23-16-9-8-15(12-17(16)24-14)19-10-6-5-7-11-20-25(21,22)18(2,3)4/h8-9,12,14,19-20H,5-7,10-11,13H2,1-4H3. The second-order valence-electron chi connectivity index (χ2n) is 7.40. The number of unbranched alkanes of at least 4 members (excludes halogenated alkanes) is 2. The minimum atomic E-state index is -3.24. The molecule has 142 valence electrons. The number of hydrogen-bond acceptors (Lipinski definition) is 5. The second-order valence-corrected chi connectivity index (χ2v) is 9.92. The fourth-order valence-electron chi connectivity index (χ4n) is 2.37. The van der Waals surface area contributed by atoms with Gasteiger partial charge in [0, 0.05) is 24.8 Å². The van der Waals surface area contributed by atoms with Crippen molar-refractivity contribution in [1.29, 1.82) is 0 Å². The smallest absolute Gasteiger partial charge is 0.216 e. The van der Waals surface area contributed by atoms with Crippen molar-refractivity contribution in [2.24, 2.45) is 0 Å². The maximum absolute atomic E-state index is 11.9. The van der Waals surface area contributed by atoms with Crippen molar-refractivity contribution in [3.8, 4) is 11.5 Å². The van der Waals surface area contributed by atoms with Gasteiger partial charge in [0.05, 0.1) is 4.75 Å². The number of rotatable bonds is 8. The Morgan fingerprint density at radius 1 is 1.12 bits per heavy atom. The van der Waals surface area contributed by atoms with Gasteiger partial charge in [-0.05, 0) is 52.7 Å². The quantitative estimate of drug-likeness (QED) is 0.688. The van der Waals surface area contributed by atoms with Gasteiger partial charge in [-0.3, -0.25) is 0 Å². The van der Waals surface area contributed by atoms with Gasteiger partial charge in [0.1, 0.15) is 12.7 Å². The predicted octanol–water partition coefficient (Wildman–Crippen LogP) is 3.15. The van der Waals surface area contributed by atoms with Crippen molar-refractivity contribution in [2.75, 3.05) is 25.0 Å². The average molecular weight is 371 g/mol. The van der Waals surface area contributed by atoms with Gasteiger partial charge in [-0.25, -0.2) is 13.1 Å². The molecular weight excluding hydrogens is 340 g/mol.